The maximum atomic E-state index is 8.85. The minimum atomic E-state index is -4.67. The van der Waals surface area contributed by atoms with Gasteiger partial charge in [0.05, 0.1) is 0 Å². The zero-order valence-corrected chi connectivity index (χ0v) is 13.2. The fourth-order valence-corrected chi connectivity index (χ4v) is 1.89. The molecule has 0 aliphatic carbocycles. The summed E-state index contributed by atoms with van der Waals surface area (Å²) in [5.74, 6) is 1.42. The van der Waals surface area contributed by atoms with E-state index in [0.717, 1.165) is 5.92 Å². The average molecular weight is 298 g/mol. The third-order valence-electron chi connectivity index (χ3n) is 2.99. The summed E-state index contributed by atoms with van der Waals surface area (Å²) in [5.41, 5.74) is 0. The van der Waals surface area contributed by atoms with Crippen LogP contribution in [0.5, 0.6) is 0 Å². The topological polar surface area (TPSA) is 94.8 Å². The van der Waals surface area contributed by atoms with Gasteiger partial charge in [0.2, 0.25) is 0 Å². The summed E-state index contributed by atoms with van der Waals surface area (Å²) in [6.45, 7) is 7.10. The predicted octanol–water partition coefficient (Wildman–Crippen LogP) is 3.35. The van der Waals surface area contributed by atoms with E-state index < -0.39 is 10.4 Å². The van der Waals surface area contributed by atoms with Gasteiger partial charge in [0.25, 0.3) is 0 Å². The highest BCUT2D eigenvalue weighted by Gasteiger charge is 2.02. The van der Waals surface area contributed by atoms with E-state index in [1.54, 1.807) is 0 Å². The highest BCUT2D eigenvalue weighted by molar-refractivity contribution is 7.79. The Kier molecular flexibility index (Phi) is 14.3. The van der Waals surface area contributed by atoms with Gasteiger partial charge < -0.3 is 5.11 Å². The molecule has 5 nitrogen and oxygen atoms in total. The summed E-state index contributed by atoms with van der Waals surface area (Å²) < 4.78 is 31.6. The second-order valence-electron chi connectivity index (χ2n) is 5.27. The predicted molar refractivity (Wildman–Crippen MR) is 77.6 cm³/mol. The van der Waals surface area contributed by atoms with E-state index >= 15 is 0 Å². The fraction of sp³-hybridized carbons (Fsp3) is 1.00. The molecule has 0 rings (SSSR count). The Balaban J connectivity index is 0. The van der Waals surface area contributed by atoms with Crippen LogP contribution in [0.1, 0.15) is 65.7 Å². The lowest BCUT2D eigenvalue weighted by atomic mass is 9.97. The van der Waals surface area contributed by atoms with Crippen LogP contribution < -0.4 is 0 Å². The summed E-state index contributed by atoms with van der Waals surface area (Å²) >= 11 is 0. The highest BCUT2D eigenvalue weighted by atomic mass is 32.3. The van der Waals surface area contributed by atoms with Crippen molar-refractivity contribution in [1.82, 2.24) is 0 Å². The van der Waals surface area contributed by atoms with Gasteiger partial charge in [-0.2, -0.15) is 8.42 Å². The van der Waals surface area contributed by atoms with Gasteiger partial charge in [0, 0.05) is 6.61 Å². The molecule has 0 heterocycles. The van der Waals surface area contributed by atoms with Crippen LogP contribution in [-0.2, 0) is 10.4 Å². The summed E-state index contributed by atoms with van der Waals surface area (Å²) in [6.07, 6.45) is 9.30. The molecule has 0 spiro atoms. The van der Waals surface area contributed by atoms with E-state index in [4.69, 9.17) is 22.6 Å². The molecule has 0 fully saturated rings. The first-order chi connectivity index (χ1) is 8.70. The Bertz CT molecular complexity index is 269. The highest BCUT2D eigenvalue weighted by Crippen LogP contribution is 2.16. The molecule has 0 bridgehead atoms. The molecule has 0 amide bonds. The largest absolute Gasteiger partial charge is 0.396 e. The zero-order chi connectivity index (χ0) is 15.3. The Hall–Kier alpha value is -0.170. The van der Waals surface area contributed by atoms with Crippen molar-refractivity contribution >= 4 is 10.4 Å². The first-order valence-electron chi connectivity index (χ1n) is 7.01. The third-order valence-corrected chi connectivity index (χ3v) is 2.99. The summed E-state index contributed by atoms with van der Waals surface area (Å²) in [5, 5.41) is 8.85. The van der Waals surface area contributed by atoms with Crippen LogP contribution >= 0.6 is 0 Å². The van der Waals surface area contributed by atoms with Crippen molar-refractivity contribution in [1.29, 1.82) is 0 Å². The van der Waals surface area contributed by atoms with Gasteiger partial charge in [0.15, 0.2) is 0 Å². The summed E-state index contributed by atoms with van der Waals surface area (Å²) in [7, 11) is -4.67. The van der Waals surface area contributed by atoms with Crippen LogP contribution in [0, 0.1) is 11.8 Å². The van der Waals surface area contributed by atoms with Crippen molar-refractivity contribution in [2.75, 3.05) is 6.61 Å². The van der Waals surface area contributed by atoms with Crippen LogP contribution in [0.25, 0.3) is 0 Å². The van der Waals surface area contributed by atoms with E-state index in [1.165, 1.54) is 44.9 Å². The minimum absolute atomic E-state index is 0.353. The zero-order valence-electron chi connectivity index (χ0n) is 12.4. The van der Waals surface area contributed by atoms with Crippen molar-refractivity contribution in [2.24, 2.45) is 11.8 Å². The number of hydrogen-bond acceptors (Lipinski definition) is 3. The summed E-state index contributed by atoms with van der Waals surface area (Å²) in [4.78, 5) is 0. The third kappa shape index (κ3) is 27.1. The van der Waals surface area contributed by atoms with Crippen LogP contribution in [0.15, 0.2) is 0 Å². The number of rotatable bonds is 9. The SMILES string of the molecule is CCCC(C)CCCCCC(C)CO.O=S(=O)(O)O. The molecule has 0 saturated heterocycles. The van der Waals surface area contributed by atoms with E-state index in [9.17, 15) is 0 Å². The maximum absolute atomic E-state index is 8.85. The molecule has 0 saturated carbocycles. The van der Waals surface area contributed by atoms with E-state index in [1.807, 2.05) is 0 Å². The number of unbranched alkanes of at least 4 members (excludes halogenated alkanes) is 2. The fourth-order valence-electron chi connectivity index (χ4n) is 1.89. The second kappa shape index (κ2) is 12.8. The van der Waals surface area contributed by atoms with Crippen LogP contribution in [-0.4, -0.2) is 29.2 Å². The molecule has 0 aliphatic heterocycles. The molecule has 0 aromatic heterocycles. The first kappa shape index (κ1) is 21.1. The van der Waals surface area contributed by atoms with E-state index in [0.29, 0.717) is 12.5 Å². The van der Waals surface area contributed by atoms with Crippen LogP contribution in [0.2, 0.25) is 0 Å². The number of hydrogen-bond donors (Lipinski definition) is 3. The Morgan fingerprint density at radius 2 is 1.32 bits per heavy atom. The number of aliphatic hydroxyl groups is 1. The van der Waals surface area contributed by atoms with Crippen molar-refractivity contribution in [3.05, 3.63) is 0 Å². The minimum Gasteiger partial charge on any atom is -0.396 e. The molecule has 0 aliphatic rings. The molecular formula is C13H30O5S. The standard InChI is InChI=1S/C13H28O.H2O4S/c1-4-8-12(2)9-6-5-7-10-13(3)11-14;1-5(2,3)4/h12-14H,4-11H2,1-3H3;(H2,1,2,3,4). The Morgan fingerprint density at radius 3 is 1.68 bits per heavy atom. The molecule has 3 N–H and O–H groups in total. The molecule has 0 aromatic rings. The lowest BCUT2D eigenvalue weighted by molar-refractivity contribution is 0.227. The molecule has 2 unspecified atom stereocenters. The van der Waals surface area contributed by atoms with Gasteiger partial charge in [-0.15, -0.1) is 0 Å². The molecule has 0 aromatic carbocycles. The summed E-state index contributed by atoms with van der Waals surface area (Å²) in [6, 6.07) is 0. The van der Waals surface area contributed by atoms with Gasteiger partial charge in [0.1, 0.15) is 0 Å². The first-order valence-corrected chi connectivity index (χ1v) is 8.41. The lowest BCUT2D eigenvalue weighted by Crippen LogP contribution is -2.00. The van der Waals surface area contributed by atoms with Crippen LogP contribution in [0.3, 0.4) is 0 Å². The van der Waals surface area contributed by atoms with Gasteiger partial charge >= 0.3 is 10.4 Å². The van der Waals surface area contributed by atoms with Crippen molar-refractivity contribution in [2.45, 2.75) is 65.7 Å². The lowest BCUT2D eigenvalue weighted by Gasteiger charge is -2.10. The maximum Gasteiger partial charge on any atom is 0.394 e. The Morgan fingerprint density at radius 1 is 0.895 bits per heavy atom. The van der Waals surface area contributed by atoms with Crippen molar-refractivity contribution in [3.8, 4) is 0 Å². The van der Waals surface area contributed by atoms with Crippen LogP contribution in [0.4, 0.5) is 0 Å². The Labute approximate surface area is 118 Å². The van der Waals surface area contributed by atoms with Gasteiger partial charge in [-0.05, 0) is 18.3 Å². The quantitative estimate of drug-likeness (QED) is 0.448. The van der Waals surface area contributed by atoms with E-state index in [-0.39, 0.29) is 0 Å². The van der Waals surface area contributed by atoms with Crippen molar-refractivity contribution < 1.29 is 22.6 Å². The van der Waals surface area contributed by atoms with Gasteiger partial charge in [-0.1, -0.05) is 59.3 Å². The molecule has 6 heteroatoms. The average Bonchev–Trinajstić information content (AvgIpc) is 2.26. The normalized spacial score (nSPS) is 14.4. The van der Waals surface area contributed by atoms with Gasteiger partial charge in [-0.3, -0.25) is 9.11 Å². The van der Waals surface area contributed by atoms with E-state index in [2.05, 4.69) is 20.8 Å². The molecule has 2 atom stereocenters. The monoisotopic (exact) mass is 298 g/mol. The second-order valence-corrected chi connectivity index (χ2v) is 6.16. The van der Waals surface area contributed by atoms with Gasteiger partial charge in [-0.25, -0.2) is 0 Å². The molecule has 0 radical (unpaired) electrons. The van der Waals surface area contributed by atoms with Crippen molar-refractivity contribution in [3.63, 3.8) is 0 Å². The molecular weight excluding hydrogens is 268 g/mol. The molecule has 118 valence electrons. The number of aliphatic hydroxyl groups excluding tert-OH is 1. The molecule has 19 heavy (non-hydrogen) atoms. The smallest absolute Gasteiger partial charge is 0.394 e.